The minimum atomic E-state index is -0.248. The van der Waals surface area contributed by atoms with Crippen LogP contribution in [0.2, 0.25) is 0 Å². The van der Waals surface area contributed by atoms with Crippen LogP contribution in [0.3, 0.4) is 0 Å². The van der Waals surface area contributed by atoms with Gasteiger partial charge in [0.15, 0.2) is 0 Å². The van der Waals surface area contributed by atoms with Crippen molar-refractivity contribution in [1.82, 2.24) is 0 Å². The number of carbonyl (C=O) groups excluding carboxylic acids is 1. The number of rotatable bonds is 6. The van der Waals surface area contributed by atoms with E-state index in [1.807, 2.05) is 31.2 Å². The van der Waals surface area contributed by atoms with Gasteiger partial charge in [-0.3, -0.25) is 4.79 Å². The molecule has 1 atom stereocenters. The first-order valence-corrected chi connectivity index (χ1v) is 6.91. The van der Waals surface area contributed by atoms with Crippen molar-refractivity contribution in [3.63, 3.8) is 0 Å². The van der Waals surface area contributed by atoms with E-state index in [4.69, 9.17) is 10.5 Å². The van der Waals surface area contributed by atoms with Gasteiger partial charge in [-0.1, -0.05) is 19.1 Å². The van der Waals surface area contributed by atoms with Crippen LogP contribution in [0.4, 0.5) is 0 Å². The fourth-order valence-corrected chi connectivity index (χ4v) is 2.56. The minimum Gasteiger partial charge on any atom is -0.497 e. The number of methoxy groups -OCH3 is 1. The molecule has 0 radical (unpaired) electrons. The number of nitrogens with two attached hydrogens (primary N) is 1. The summed E-state index contributed by atoms with van der Waals surface area (Å²) in [5.41, 5.74) is 6.57. The van der Waals surface area contributed by atoms with Gasteiger partial charge in [0.2, 0.25) is 5.91 Å². The Kier molecular flexibility index (Phi) is 5.08. The molecular formula is C14H21NO2S. The predicted octanol–water partition coefficient (Wildman–Crippen LogP) is 2.83. The monoisotopic (exact) mass is 267 g/mol. The lowest BCUT2D eigenvalue weighted by atomic mass is 9.96. The summed E-state index contributed by atoms with van der Waals surface area (Å²) in [7, 11) is 1.65. The first kappa shape index (κ1) is 14.9. The third-order valence-corrected chi connectivity index (χ3v) is 4.81. The highest BCUT2D eigenvalue weighted by atomic mass is 32.2. The van der Waals surface area contributed by atoms with E-state index >= 15 is 0 Å². The van der Waals surface area contributed by atoms with Gasteiger partial charge in [-0.2, -0.15) is 11.8 Å². The van der Waals surface area contributed by atoms with Gasteiger partial charge in [-0.15, -0.1) is 0 Å². The van der Waals surface area contributed by atoms with Gasteiger partial charge in [0.05, 0.1) is 7.11 Å². The Balaban J connectivity index is 2.60. The fraction of sp³-hybridized carbons (Fsp3) is 0.500. The van der Waals surface area contributed by atoms with Crippen molar-refractivity contribution in [3.8, 4) is 5.75 Å². The molecule has 0 aliphatic heterocycles. The summed E-state index contributed by atoms with van der Waals surface area (Å²) < 4.78 is 4.96. The van der Waals surface area contributed by atoms with E-state index in [-0.39, 0.29) is 16.6 Å². The summed E-state index contributed by atoms with van der Waals surface area (Å²) in [6.45, 7) is 5.98. The Morgan fingerprint density at radius 1 is 1.39 bits per heavy atom. The highest BCUT2D eigenvalue weighted by Gasteiger charge is 2.30. The van der Waals surface area contributed by atoms with E-state index in [9.17, 15) is 4.79 Å². The molecular weight excluding hydrogens is 246 g/mol. The molecule has 0 fully saturated rings. The highest BCUT2D eigenvalue weighted by molar-refractivity contribution is 7.99. The molecule has 1 aromatic carbocycles. The van der Waals surface area contributed by atoms with E-state index < -0.39 is 0 Å². The maximum absolute atomic E-state index is 11.2. The van der Waals surface area contributed by atoms with Gasteiger partial charge >= 0.3 is 0 Å². The first-order valence-electron chi connectivity index (χ1n) is 5.93. The average Bonchev–Trinajstić information content (AvgIpc) is 2.36. The van der Waals surface area contributed by atoms with Crippen LogP contribution < -0.4 is 10.5 Å². The van der Waals surface area contributed by atoms with Gasteiger partial charge in [0.25, 0.3) is 0 Å². The average molecular weight is 267 g/mol. The van der Waals surface area contributed by atoms with Gasteiger partial charge < -0.3 is 10.5 Å². The maximum atomic E-state index is 11.2. The Labute approximate surface area is 113 Å². The molecule has 0 heterocycles. The summed E-state index contributed by atoms with van der Waals surface area (Å²) in [6.07, 6.45) is 0. The summed E-state index contributed by atoms with van der Waals surface area (Å²) in [5, 5.41) is 0. The number of hydrogen-bond acceptors (Lipinski definition) is 3. The van der Waals surface area contributed by atoms with E-state index in [0.717, 1.165) is 11.5 Å². The molecule has 18 heavy (non-hydrogen) atoms. The second-order valence-electron chi connectivity index (χ2n) is 4.86. The van der Waals surface area contributed by atoms with E-state index in [1.165, 1.54) is 5.56 Å². The molecule has 0 bridgehead atoms. The van der Waals surface area contributed by atoms with Crippen LogP contribution in [0.25, 0.3) is 0 Å². The molecule has 1 rings (SSSR count). The summed E-state index contributed by atoms with van der Waals surface area (Å²) in [6, 6.07) is 7.97. The quantitative estimate of drug-likeness (QED) is 0.862. The lowest BCUT2D eigenvalue weighted by Gasteiger charge is -2.29. The molecule has 1 amide bonds. The normalized spacial score (nSPS) is 13.1. The summed E-state index contributed by atoms with van der Waals surface area (Å²) in [5.74, 6) is 1.31. The Morgan fingerprint density at radius 2 is 1.94 bits per heavy atom. The zero-order valence-electron chi connectivity index (χ0n) is 11.4. The Bertz CT molecular complexity index is 401. The smallest absolute Gasteiger partial charge is 0.221 e. The van der Waals surface area contributed by atoms with Crippen molar-refractivity contribution in [1.29, 1.82) is 0 Å². The van der Waals surface area contributed by atoms with Crippen LogP contribution in [-0.2, 0) is 10.5 Å². The van der Waals surface area contributed by atoms with E-state index in [1.54, 1.807) is 18.9 Å². The molecule has 0 saturated carbocycles. The molecule has 100 valence electrons. The van der Waals surface area contributed by atoms with Crippen molar-refractivity contribution in [2.45, 2.75) is 31.3 Å². The molecule has 2 N–H and O–H groups in total. The number of hydrogen-bond donors (Lipinski definition) is 1. The number of thioether (sulfide) groups is 1. The number of benzene rings is 1. The number of ether oxygens (including phenoxy) is 1. The summed E-state index contributed by atoms with van der Waals surface area (Å²) >= 11 is 1.74. The molecule has 0 aliphatic rings. The third-order valence-electron chi connectivity index (χ3n) is 3.24. The van der Waals surface area contributed by atoms with Crippen molar-refractivity contribution >= 4 is 17.7 Å². The van der Waals surface area contributed by atoms with Crippen molar-refractivity contribution in [2.24, 2.45) is 11.7 Å². The third kappa shape index (κ3) is 3.95. The second kappa shape index (κ2) is 6.14. The van der Waals surface area contributed by atoms with Crippen molar-refractivity contribution < 1.29 is 9.53 Å². The molecule has 0 unspecified atom stereocenters. The molecule has 4 heteroatoms. The topological polar surface area (TPSA) is 52.3 Å². The van der Waals surface area contributed by atoms with Crippen LogP contribution in [0.5, 0.6) is 5.75 Å². The highest BCUT2D eigenvalue weighted by Crippen LogP contribution is 2.34. The van der Waals surface area contributed by atoms with Gasteiger partial charge in [-0.25, -0.2) is 0 Å². The predicted molar refractivity (Wildman–Crippen MR) is 76.7 cm³/mol. The lowest BCUT2D eigenvalue weighted by Crippen LogP contribution is -2.36. The van der Waals surface area contributed by atoms with Crippen LogP contribution in [0.1, 0.15) is 26.3 Å². The SMILES string of the molecule is COc1ccc(CSC(C)(C)[C@H](C)C(N)=O)cc1. The Morgan fingerprint density at radius 3 is 2.39 bits per heavy atom. The largest absolute Gasteiger partial charge is 0.497 e. The van der Waals surface area contributed by atoms with Gasteiger partial charge in [0.1, 0.15) is 5.75 Å². The van der Waals surface area contributed by atoms with Crippen molar-refractivity contribution in [3.05, 3.63) is 29.8 Å². The lowest BCUT2D eigenvalue weighted by molar-refractivity contribution is -0.121. The van der Waals surface area contributed by atoms with Crippen LogP contribution in [-0.4, -0.2) is 17.8 Å². The summed E-state index contributed by atoms with van der Waals surface area (Å²) in [4.78, 5) is 11.2. The van der Waals surface area contributed by atoms with Gasteiger partial charge in [0, 0.05) is 16.4 Å². The molecule has 0 aliphatic carbocycles. The maximum Gasteiger partial charge on any atom is 0.221 e. The second-order valence-corrected chi connectivity index (χ2v) is 6.49. The van der Waals surface area contributed by atoms with E-state index in [0.29, 0.717) is 0 Å². The molecule has 0 spiro atoms. The molecule has 0 aromatic heterocycles. The van der Waals surface area contributed by atoms with Crippen LogP contribution in [0.15, 0.2) is 24.3 Å². The van der Waals surface area contributed by atoms with E-state index in [2.05, 4.69) is 13.8 Å². The zero-order valence-corrected chi connectivity index (χ0v) is 12.2. The first-order chi connectivity index (χ1) is 8.36. The van der Waals surface area contributed by atoms with Crippen LogP contribution in [0, 0.1) is 5.92 Å². The van der Waals surface area contributed by atoms with Crippen molar-refractivity contribution in [2.75, 3.05) is 7.11 Å². The number of carbonyl (C=O) groups is 1. The Hall–Kier alpha value is -1.16. The van der Waals surface area contributed by atoms with Crippen LogP contribution >= 0.6 is 11.8 Å². The fourth-order valence-electron chi connectivity index (χ4n) is 1.46. The number of amides is 1. The number of primary amides is 1. The molecule has 0 saturated heterocycles. The molecule has 1 aromatic rings. The minimum absolute atomic E-state index is 0.152. The van der Waals surface area contributed by atoms with Gasteiger partial charge in [-0.05, 0) is 31.5 Å². The molecule has 3 nitrogen and oxygen atoms in total. The standard InChI is InChI=1S/C14H21NO2S/c1-10(13(15)16)14(2,3)18-9-11-5-7-12(17-4)8-6-11/h5-8,10H,9H2,1-4H3,(H2,15,16)/t10-/m1/s1. The zero-order chi connectivity index (χ0) is 13.8.